The molecular formula is C55H64Cl6N26O9S3. The van der Waals surface area contributed by atoms with Crippen molar-refractivity contribution in [3.63, 3.8) is 0 Å². The molecule has 0 amide bonds. The van der Waals surface area contributed by atoms with Crippen LogP contribution in [-0.4, -0.2) is 182 Å². The lowest BCUT2D eigenvalue weighted by Crippen LogP contribution is -2.49. The van der Waals surface area contributed by atoms with Gasteiger partial charge in [0.1, 0.15) is 50.1 Å². The summed E-state index contributed by atoms with van der Waals surface area (Å²) in [6.45, 7) is 9.94. The number of halogens is 6. The van der Waals surface area contributed by atoms with E-state index < -0.39 is 20.0 Å². The first-order valence-corrected chi connectivity index (χ1v) is 33.5. The molecule has 9 heterocycles. The molecule has 35 nitrogen and oxygen atoms in total. The third-order valence-corrected chi connectivity index (χ3v) is 16.8. The number of nitrogens with zero attached hydrogens (tertiary/aromatic N) is 23. The Hall–Kier alpha value is -9.22. The van der Waals surface area contributed by atoms with Gasteiger partial charge in [-0.15, -0.1) is 27.7 Å². The van der Waals surface area contributed by atoms with Crippen LogP contribution in [0, 0.1) is 63.4 Å². The molecular weight excluding hydrogens is 1480 g/mol. The molecule has 99 heavy (non-hydrogen) atoms. The van der Waals surface area contributed by atoms with Crippen molar-refractivity contribution in [2.75, 3.05) is 73.6 Å². The Balaban J connectivity index is 0.000000253. The van der Waals surface area contributed by atoms with Crippen LogP contribution in [0.3, 0.4) is 0 Å². The molecule has 6 aromatic rings. The first kappa shape index (κ1) is 82.2. The fourth-order valence-electron chi connectivity index (χ4n) is 8.04. The van der Waals surface area contributed by atoms with Crippen LogP contribution in [0.15, 0.2) is 123 Å². The minimum Gasteiger partial charge on any atom is -0.372 e. The summed E-state index contributed by atoms with van der Waals surface area (Å²) in [7, 11) is 6.79. The Kier molecular flexibility index (Phi) is 37.1. The Labute approximate surface area is 609 Å². The number of nitriles is 2. The van der Waals surface area contributed by atoms with E-state index in [1.165, 1.54) is 22.7 Å². The zero-order valence-corrected chi connectivity index (χ0v) is 60.5. The van der Waals surface area contributed by atoms with E-state index >= 15 is 0 Å². The highest BCUT2D eigenvalue weighted by atomic mass is 35.5. The van der Waals surface area contributed by atoms with E-state index in [0.29, 0.717) is 106 Å². The molecule has 3 aliphatic heterocycles. The van der Waals surface area contributed by atoms with E-state index in [-0.39, 0.29) is 25.4 Å². The number of amidine groups is 3. The average molecular weight is 1540 g/mol. The van der Waals surface area contributed by atoms with Crippen LogP contribution in [0.4, 0.5) is 0 Å². The third kappa shape index (κ3) is 32.3. The zero-order chi connectivity index (χ0) is 72.8. The lowest BCUT2D eigenvalue weighted by Gasteiger charge is -2.34. The second-order valence-corrected chi connectivity index (χ2v) is 25.6. The van der Waals surface area contributed by atoms with E-state index in [1.807, 2.05) is 54.2 Å². The van der Waals surface area contributed by atoms with E-state index in [4.69, 9.17) is 84.9 Å². The Morgan fingerprint density at radius 2 is 1.24 bits per heavy atom. The molecule has 0 aromatic carbocycles. The number of nitro groups is 4. The van der Waals surface area contributed by atoms with E-state index in [1.54, 1.807) is 122 Å². The summed E-state index contributed by atoms with van der Waals surface area (Å²) in [6.07, 6.45) is 15.7. The van der Waals surface area contributed by atoms with Crippen LogP contribution in [0.1, 0.15) is 52.3 Å². The highest BCUT2D eigenvalue weighted by Gasteiger charge is 2.26. The van der Waals surface area contributed by atoms with Crippen LogP contribution in [-0.2, 0) is 43.9 Å². The molecule has 0 radical (unpaired) electrons. The number of aliphatic imine (C=N–C) groups is 2. The molecule has 0 spiro atoms. The van der Waals surface area contributed by atoms with Crippen molar-refractivity contribution < 1.29 is 24.8 Å². The highest BCUT2D eigenvalue weighted by molar-refractivity contribution is 8.14. The van der Waals surface area contributed by atoms with E-state index in [9.17, 15) is 40.5 Å². The molecule has 3 fully saturated rings. The van der Waals surface area contributed by atoms with Gasteiger partial charge in [-0.3, -0.25) is 10.1 Å². The van der Waals surface area contributed by atoms with Gasteiger partial charge < -0.3 is 50.1 Å². The van der Waals surface area contributed by atoms with E-state index in [2.05, 4.69) is 76.0 Å². The summed E-state index contributed by atoms with van der Waals surface area (Å²) < 4.78 is 6.19. The van der Waals surface area contributed by atoms with Crippen molar-refractivity contribution in [2.24, 2.45) is 25.3 Å². The summed E-state index contributed by atoms with van der Waals surface area (Å²) in [5, 5.41) is 77.1. The van der Waals surface area contributed by atoms with Crippen LogP contribution >= 0.6 is 104 Å². The number of pyridine rings is 4. The van der Waals surface area contributed by atoms with Crippen molar-refractivity contribution >= 4 is 133 Å². The largest absolute Gasteiger partial charge is 0.372 e. The van der Waals surface area contributed by atoms with Gasteiger partial charge in [-0.1, -0.05) is 106 Å². The number of thioether (sulfide) groups is 1. The molecule has 6 aromatic heterocycles. The van der Waals surface area contributed by atoms with Gasteiger partial charge >= 0.3 is 0 Å². The van der Waals surface area contributed by atoms with Gasteiger partial charge in [-0.25, -0.2) is 60.2 Å². The van der Waals surface area contributed by atoms with Gasteiger partial charge in [-0.05, 0) is 66.8 Å². The second-order valence-electron chi connectivity index (χ2n) is 19.6. The normalized spacial score (nSPS) is 14.6. The Bertz CT molecular complexity index is 3850. The minimum absolute atomic E-state index is 0.243. The third-order valence-electron chi connectivity index (χ3n) is 12.6. The van der Waals surface area contributed by atoms with Gasteiger partial charge in [0.05, 0.1) is 16.6 Å². The molecule has 0 saturated carbocycles. The molecule has 528 valence electrons. The predicted octanol–water partition coefficient (Wildman–Crippen LogP) is 9.29. The zero-order valence-electron chi connectivity index (χ0n) is 53.5. The van der Waals surface area contributed by atoms with Crippen LogP contribution in [0.25, 0.3) is 0 Å². The fraction of sp³-hybridized carbons (Fsp3) is 0.364. The number of thiazole rings is 2. The molecule has 0 atom stereocenters. The predicted molar refractivity (Wildman–Crippen MR) is 381 cm³/mol. The first-order chi connectivity index (χ1) is 47.3. The number of aromatic nitrogens is 6. The highest BCUT2D eigenvalue weighted by Crippen LogP contribution is 2.23. The van der Waals surface area contributed by atoms with E-state index in [0.717, 1.165) is 62.2 Å². The summed E-state index contributed by atoms with van der Waals surface area (Å²) >= 11 is 38.4. The number of rotatable bonds is 20. The lowest BCUT2D eigenvalue weighted by atomic mass is 10.2. The van der Waals surface area contributed by atoms with Crippen LogP contribution in [0.2, 0.25) is 29.5 Å². The van der Waals surface area contributed by atoms with Gasteiger partial charge in [0.25, 0.3) is 18.1 Å². The van der Waals surface area contributed by atoms with Crippen molar-refractivity contribution in [3.05, 3.63) is 200 Å². The smallest absolute Gasteiger partial charge is 0.277 e. The number of guanidine groups is 2. The van der Waals surface area contributed by atoms with Crippen molar-refractivity contribution in [2.45, 2.75) is 59.4 Å². The van der Waals surface area contributed by atoms with Gasteiger partial charge in [0, 0.05) is 140 Å². The summed E-state index contributed by atoms with van der Waals surface area (Å²) in [6, 6.07) is 14.4. The number of hydrogen-bond donors (Lipinski definition) is 3. The maximum absolute atomic E-state index is 10.5. The van der Waals surface area contributed by atoms with Crippen molar-refractivity contribution in [1.29, 1.82) is 10.5 Å². The van der Waals surface area contributed by atoms with Gasteiger partial charge in [-0.2, -0.15) is 15.5 Å². The molecule has 9 rings (SSSR count). The molecule has 0 unspecified atom stereocenters. The summed E-state index contributed by atoms with van der Waals surface area (Å²) in [5.74, 6) is 2.98. The lowest BCUT2D eigenvalue weighted by molar-refractivity contribution is -0.486. The fourth-order valence-corrected chi connectivity index (χ4v) is 11.4. The van der Waals surface area contributed by atoms with Gasteiger partial charge in [0.15, 0.2) is 40.9 Å². The number of hydrazone groups is 3. The molecule has 3 saturated heterocycles. The molecule has 0 bridgehead atoms. The molecule has 0 aliphatic carbocycles. The van der Waals surface area contributed by atoms with Crippen molar-refractivity contribution in [1.82, 2.24) is 75.3 Å². The topological polar surface area (TPSA) is 424 Å². The quantitative estimate of drug-likeness (QED) is 0.0160. The monoisotopic (exact) mass is 1540 g/mol. The standard InChI is InChI=1S/C11H15ClN4O2.C10H9ClN4S.C10H11ClN4.C9H10ClN5O2.C8H10ClN5O3S.C7H9ClN4O2S/c1-3-15(11(13-2)8-16(17)18)7-9-4-5-10(12)14-6-9;11-9-2-1-8(5-13-9)6-15-3-4-16-10(15)14-7-12;1-8(14-7-12)15(2)6-9-3-4-10(11)13-5-9;10-8-2-1-7(5-12-8)6-14-4-3-11-9(14)13-15(16)17;1-12-4-17-5-13(8(12)11-14(15)16)3-6-2-10-7(9)18-6;1-9-6(11-12(13)14)3-2-5-4-10-7(8)15-5/h4-6,8,13H,3,7H2,1-2H3;1-2,5H,3-4,6H2;3-5H,6H2,1-2H3;1-2,5H,3-4,6H2,(H,11,13);2H,3-5H2,1H3;4H,2-3H2,1H3,(H,9,11)/b11-8+;;;;11-8+;. The Morgan fingerprint density at radius 3 is 1.71 bits per heavy atom. The SMILES string of the molecule is CC(=NC#N)N(C)Cc1ccc(Cl)nc1.CCN(Cc1ccc(Cl)nc1)/C(=C/[N+](=O)[O-])NC.CN/C(CCc1cnc(Cl)s1)=N\[N+](=O)[O-].CN1COCN(Cc2cnc(Cl)s2)/C1=N/[N+](=O)[O-].N#CN=C1SCCN1Cc1ccc(Cl)nc1.O=[N+]([O-])/N=C1\NCCN1Cc1ccc(Cl)nc1. The molecule has 44 heteroatoms. The Morgan fingerprint density at radius 1 is 0.697 bits per heavy atom. The molecule has 3 aliphatic rings. The first-order valence-electron chi connectivity index (χ1n) is 28.6. The number of nitrogens with one attached hydrogen (secondary N) is 3. The number of hydrogen-bond acceptors (Lipinski definition) is 24. The number of aryl methyl sites for hydroxylation is 1. The summed E-state index contributed by atoms with van der Waals surface area (Å²) in [5.41, 5.74) is 3.95. The molecule has 3 N–H and O–H groups in total. The maximum Gasteiger partial charge on any atom is 0.277 e. The van der Waals surface area contributed by atoms with Gasteiger partial charge in [0.2, 0.25) is 12.4 Å². The van der Waals surface area contributed by atoms with Crippen LogP contribution in [0.5, 0.6) is 0 Å². The number of ether oxygens (including phenoxy) is 1. The minimum atomic E-state index is -0.718. The second kappa shape index (κ2) is 44.6. The van der Waals surface area contributed by atoms with Crippen molar-refractivity contribution in [3.8, 4) is 12.4 Å². The van der Waals surface area contributed by atoms with Crippen LogP contribution < -0.4 is 16.0 Å². The average Bonchev–Trinajstić information content (AvgIpc) is 1.69. The summed E-state index contributed by atoms with van der Waals surface area (Å²) in [4.78, 5) is 84.8. The maximum atomic E-state index is 10.5.